The van der Waals surface area contributed by atoms with Crippen LogP contribution < -0.4 is 5.43 Å². The molecule has 0 aromatic heterocycles. The van der Waals surface area contributed by atoms with Crippen LogP contribution in [0.25, 0.3) is 0 Å². The monoisotopic (exact) mass is 361 g/mol. The molecule has 1 aromatic rings. The Balaban J connectivity index is 1.73. The van der Waals surface area contributed by atoms with Gasteiger partial charge in [-0.3, -0.25) is 0 Å². The van der Waals surface area contributed by atoms with Gasteiger partial charge in [-0.15, -0.1) is 0 Å². The van der Waals surface area contributed by atoms with Crippen LogP contribution in [-0.4, -0.2) is 78.1 Å². The number of carbonyl (C=O) groups excluding carboxylic acids is 1. The Bertz CT molecular complexity index is 736. The number of hydrogen-bond acceptors (Lipinski definition) is 6. The van der Waals surface area contributed by atoms with Gasteiger partial charge in [0, 0.05) is 26.4 Å². The van der Waals surface area contributed by atoms with Gasteiger partial charge in [0.15, 0.2) is 0 Å². The van der Waals surface area contributed by atoms with Crippen molar-refractivity contribution in [2.45, 2.75) is 30.8 Å². The second-order valence-electron chi connectivity index (χ2n) is 7.00. The topological polar surface area (TPSA) is 54.0 Å². The van der Waals surface area contributed by atoms with Crippen LogP contribution in [0.15, 0.2) is 30.0 Å². The third-order valence-corrected chi connectivity index (χ3v) is 4.93. The summed E-state index contributed by atoms with van der Waals surface area (Å²) >= 11 is 0. The summed E-state index contributed by atoms with van der Waals surface area (Å²) in [7, 11) is 20.5. The lowest BCUT2D eigenvalue weighted by molar-refractivity contribution is -0.136. The van der Waals surface area contributed by atoms with Crippen molar-refractivity contribution < 1.29 is 14.3 Å². The van der Waals surface area contributed by atoms with Gasteiger partial charge in [-0.25, -0.2) is 10.2 Å². The first kappa shape index (κ1) is 20.0. The minimum atomic E-state index is -1.32. The second-order valence-corrected chi connectivity index (χ2v) is 7.00. The summed E-state index contributed by atoms with van der Waals surface area (Å²) in [5.74, 6) is -0.363. The van der Waals surface area contributed by atoms with E-state index in [1.54, 1.807) is 13.3 Å². The molecule has 0 spiro atoms. The molecular formula is C18H22B3N3O3. The van der Waals surface area contributed by atoms with Crippen molar-refractivity contribution in [3.05, 3.63) is 46.7 Å². The van der Waals surface area contributed by atoms with Gasteiger partial charge in [0.25, 0.3) is 0 Å². The number of hydrogen-bond donors (Lipinski definition) is 1. The van der Waals surface area contributed by atoms with E-state index in [4.69, 9.17) is 33.0 Å². The first-order valence-corrected chi connectivity index (χ1v) is 8.86. The first-order chi connectivity index (χ1) is 12.8. The van der Waals surface area contributed by atoms with Gasteiger partial charge in [0.05, 0.1) is 55.4 Å². The number of ether oxygens (including phenoxy) is 2. The zero-order chi connectivity index (χ0) is 19.6. The molecule has 0 saturated carbocycles. The van der Waals surface area contributed by atoms with Gasteiger partial charge in [-0.1, -0.05) is 23.4 Å². The molecule has 3 rings (SSSR count). The molecule has 0 saturated heterocycles. The molecule has 0 fully saturated rings. The minimum Gasteiger partial charge on any atom is -0.466 e. The molecule has 1 atom stereocenters. The summed E-state index contributed by atoms with van der Waals surface area (Å²) in [4.78, 5) is 13.8. The summed E-state index contributed by atoms with van der Waals surface area (Å²) in [6, 6.07) is 6.11. The van der Waals surface area contributed by atoms with E-state index < -0.39 is 5.24 Å². The summed E-state index contributed by atoms with van der Waals surface area (Å²) in [6.45, 7) is 2.30. The number of hydrazine groups is 1. The largest absolute Gasteiger partial charge is 0.466 e. The SMILES string of the molecule is [B]C([B])([B])N1CCc2ccc(CN3C=C(C(=O)OC)C(COC)N3)cc2C1. The molecule has 2 aliphatic heterocycles. The second kappa shape index (κ2) is 8.13. The van der Waals surface area contributed by atoms with Gasteiger partial charge in [-0.2, -0.15) is 0 Å². The fraction of sp³-hybridized carbons (Fsp3) is 0.500. The fourth-order valence-corrected chi connectivity index (χ4v) is 3.50. The number of benzene rings is 1. The molecule has 1 aromatic carbocycles. The van der Waals surface area contributed by atoms with Crippen LogP contribution in [0, 0.1) is 0 Å². The van der Waals surface area contributed by atoms with Crippen LogP contribution >= 0.6 is 0 Å². The summed E-state index contributed by atoms with van der Waals surface area (Å²) in [6.07, 6.45) is 2.62. The summed E-state index contributed by atoms with van der Waals surface area (Å²) in [5, 5.41) is 0.549. The predicted molar refractivity (Wildman–Crippen MR) is 105 cm³/mol. The Morgan fingerprint density at radius 3 is 2.74 bits per heavy atom. The molecule has 2 aliphatic rings. The number of nitrogens with zero attached hydrogens (tertiary/aromatic N) is 2. The Morgan fingerprint density at radius 1 is 1.30 bits per heavy atom. The average Bonchev–Trinajstić information content (AvgIpc) is 3.02. The van der Waals surface area contributed by atoms with E-state index in [1.807, 2.05) is 9.91 Å². The third-order valence-electron chi connectivity index (χ3n) is 4.93. The maximum Gasteiger partial charge on any atom is 0.337 e. The lowest BCUT2D eigenvalue weighted by Crippen LogP contribution is -2.52. The Morgan fingerprint density at radius 2 is 2.07 bits per heavy atom. The molecule has 9 heteroatoms. The highest BCUT2D eigenvalue weighted by Gasteiger charge is 2.30. The molecule has 6 radical (unpaired) electrons. The maximum absolute atomic E-state index is 12.0. The fourth-order valence-electron chi connectivity index (χ4n) is 3.50. The molecule has 0 aliphatic carbocycles. The zero-order valence-electron chi connectivity index (χ0n) is 15.8. The van der Waals surface area contributed by atoms with Crippen LogP contribution in [0.5, 0.6) is 0 Å². The number of fused-ring (bicyclic) bond motifs is 1. The highest BCUT2D eigenvalue weighted by Crippen LogP contribution is 2.24. The molecule has 2 heterocycles. The van der Waals surface area contributed by atoms with Crippen molar-refractivity contribution in [2.75, 3.05) is 27.4 Å². The number of nitrogens with one attached hydrogen (secondary N) is 1. The molecule has 6 nitrogen and oxygen atoms in total. The van der Waals surface area contributed by atoms with Crippen molar-refractivity contribution >= 4 is 29.5 Å². The van der Waals surface area contributed by atoms with E-state index in [9.17, 15) is 4.79 Å². The van der Waals surface area contributed by atoms with Crippen molar-refractivity contribution in [1.82, 2.24) is 15.3 Å². The molecule has 1 unspecified atom stereocenters. The normalized spacial score (nSPS) is 20.3. The molecule has 1 N–H and O–H groups in total. The van der Waals surface area contributed by atoms with E-state index in [0.717, 1.165) is 24.1 Å². The predicted octanol–water partition coefficient (Wildman–Crippen LogP) is -0.446. The van der Waals surface area contributed by atoms with E-state index in [1.165, 1.54) is 12.7 Å². The van der Waals surface area contributed by atoms with Crippen LogP contribution in [0.2, 0.25) is 0 Å². The summed E-state index contributed by atoms with van der Waals surface area (Å²) < 4.78 is 10.0. The van der Waals surface area contributed by atoms with Gasteiger partial charge in [-0.05, 0) is 23.1 Å². The van der Waals surface area contributed by atoms with E-state index >= 15 is 0 Å². The van der Waals surface area contributed by atoms with Crippen LogP contribution in [-0.2, 0) is 33.8 Å². The molecule has 0 amide bonds. The van der Waals surface area contributed by atoms with Gasteiger partial charge in [0.1, 0.15) is 0 Å². The molecule has 0 bridgehead atoms. The van der Waals surface area contributed by atoms with Gasteiger partial charge >= 0.3 is 5.97 Å². The lowest BCUT2D eigenvalue weighted by atomic mass is 9.48. The average molecular weight is 361 g/mol. The third kappa shape index (κ3) is 4.59. The highest BCUT2D eigenvalue weighted by atomic mass is 16.5. The molecular weight excluding hydrogens is 339 g/mol. The van der Waals surface area contributed by atoms with Crippen molar-refractivity contribution in [3.8, 4) is 0 Å². The number of rotatable bonds is 6. The first-order valence-electron chi connectivity index (χ1n) is 8.86. The number of carbonyl (C=O) groups is 1. The number of esters is 1. The van der Waals surface area contributed by atoms with Gasteiger partial charge < -0.3 is 19.4 Å². The Hall–Kier alpha value is -1.70. The van der Waals surface area contributed by atoms with E-state index in [0.29, 0.717) is 25.3 Å². The van der Waals surface area contributed by atoms with Crippen molar-refractivity contribution in [2.24, 2.45) is 0 Å². The zero-order valence-corrected chi connectivity index (χ0v) is 15.8. The van der Waals surface area contributed by atoms with Crippen LogP contribution in [0.1, 0.15) is 16.7 Å². The molecule has 136 valence electrons. The molecule has 27 heavy (non-hydrogen) atoms. The van der Waals surface area contributed by atoms with Gasteiger partial charge in [0.2, 0.25) is 0 Å². The highest BCUT2D eigenvalue weighted by molar-refractivity contribution is 6.59. The Labute approximate surface area is 164 Å². The van der Waals surface area contributed by atoms with Crippen LogP contribution in [0.3, 0.4) is 0 Å². The van der Waals surface area contributed by atoms with Crippen molar-refractivity contribution in [3.63, 3.8) is 0 Å². The summed E-state index contributed by atoms with van der Waals surface area (Å²) in [5.41, 5.74) is 7.34. The van der Waals surface area contributed by atoms with Crippen LogP contribution in [0.4, 0.5) is 0 Å². The Kier molecular flexibility index (Phi) is 6.03. The lowest BCUT2D eigenvalue weighted by Gasteiger charge is -2.41. The smallest absolute Gasteiger partial charge is 0.337 e. The van der Waals surface area contributed by atoms with E-state index in [2.05, 4.69) is 23.6 Å². The van der Waals surface area contributed by atoms with Crippen molar-refractivity contribution in [1.29, 1.82) is 0 Å². The van der Waals surface area contributed by atoms with E-state index in [-0.39, 0.29) is 12.0 Å². The number of methoxy groups -OCH3 is 2. The minimum absolute atomic E-state index is 0.233. The standard InChI is InChI=1S/C18H22B3N3O3/c1-26-11-16-15(17(25)27-2)10-24(22-16)8-12-3-4-13-5-6-23(18(19,20)21)9-14(13)7-12/h3-4,7,10,16,22H,5-6,8-9,11H2,1-2H3. The quantitative estimate of drug-likeness (QED) is 0.548. The maximum atomic E-state index is 12.0.